The zero-order valence-corrected chi connectivity index (χ0v) is 11.6. The van der Waals surface area contributed by atoms with E-state index < -0.39 is 5.97 Å². The first-order valence-electron chi connectivity index (χ1n) is 6.58. The zero-order valence-electron chi connectivity index (χ0n) is 11.6. The van der Waals surface area contributed by atoms with Crippen LogP contribution in [0.5, 0.6) is 11.5 Å². The second-order valence-electron chi connectivity index (χ2n) is 4.58. The standard InChI is InChI=1S/C17H16O4/c1-2-13(17(20)21)16(11-6-4-3-5-7-11)12-8-9-14(18)15(19)10-12/h3-10,18-19H,2H2,1H3,(H,20,21)/b16-13+. The molecule has 0 saturated heterocycles. The Morgan fingerprint density at radius 2 is 1.62 bits per heavy atom. The van der Waals surface area contributed by atoms with Crippen molar-refractivity contribution >= 4 is 11.5 Å². The van der Waals surface area contributed by atoms with Gasteiger partial charge in [-0.2, -0.15) is 0 Å². The van der Waals surface area contributed by atoms with E-state index in [-0.39, 0.29) is 17.1 Å². The van der Waals surface area contributed by atoms with Crippen LogP contribution in [0.3, 0.4) is 0 Å². The number of hydrogen-bond acceptors (Lipinski definition) is 3. The van der Waals surface area contributed by atoms with Gasteiger partial charge in [-0.15, -0.1) is 0 Å². The average molecular weight is 284 g/mol. The number of phenolic OH excluding ortho intramolecular Hbond substituents is 2. The molecule has 21 heavy (non-hydrogen) atoms. The molecule has 0 radical (unpaired) electrons. The Hall–Kier alpha value is -2.75. The molecule has 0 amide bonds. The lowest BCUT2D eigenvalue weighted by molar-refractivity contribution is -0.132. The van der Waals surface area contributed by atoms with E-state index in [0.29, 0.717) is 17.6 Å². The fourth-order valence-electron chi connectivity index (χ4n) is 2.23. The molecule has 2 aromatic carbocycles. The highest BCUT2D eigenvalue weighted by Gasteiger charge is 2.17. The van der Waals surface area contributed by atoms with Gasteiger partial charge in [-0.25, -0.2) is 4.79 Å². The quantitative estimate of drug-likeness (QED) is 0.594. The maximum absolute atomic E-state index is 11.5. The second kappa shape index (κ2) is 6.13. The molecular weight excluding hydrogens is 268 g/mol. The van der Waals surface area contributed by atoms with E-state index in [1.165, 1.54) is 12.1 Å². The highest BCUT2D eigenvalue weighted by Crippen LogP contribution is 2.33. The topological polar surface area (TPSA) is 77.8 Å². The molecule has 0 aliphatic carbocycles. The number of aromatic hydroxyl groups is 2. The minimum Gasteiger partial charge on any atom is -0.504 e. The Bertz CT molecular complexity index is 687. The molecule has 2 rings (SSSR count). The molecule has 108 valence electrons. The van der Waals surface area contributed by atoms with Gasteiger partial charge in [0.2, 0.25) is 0 Å². The molecule has 0 aromatic heterocycles. The van der Waals surface area contributed by atoms with Crippen molar-refractivity contribution in [3.63, 3.8) is 0 Å². The highest BCUT2D eigenvalue weighted by molar-refractivity contribution is 6.01. The Morgan fingerprint density at radius 1 is 0.952 bits per heavy atom. The SMILES string of the molecule is CC/C(C(=O)O)=C(/c1ccccc1)c1ccc(O)c(O)c1. The first-order valence-corrected chi connectivity index (χ1v) is 6.58. The minimum atomic E-state index is -0.996. The van der Waals surface area contributed by atoms with Crippen LogP contribution in [0.25, 0.3) is 5.57 Å². The molecule has 0 aliphatic heterocycles. The Labute approximate surface area is 122 Å². The fraction of sp³-hybridized carbons (Fsp3) is 0.118. The van der Waals surface area contributed by atoms with Crippen molar-refractivity contribution in [3.8, 4) is 11.5 Å². The number of phenols is 2. The number of carboxylic acids is 1. The van der Waals surface area contributed by atoms with Crippen molar-refractivity contribution < 1.29 is 20.1 Å². The summed E-state index contributed by atoms with van der Waals surface area (Å²) in [5, 5.41) is 28.5. The molecule has 0 heterocycles. The van der Waals surface area contributed by atoms with E-state index in [4.69, 9.17) is 0 Å². The summed E-state index contributed by atoms with van der Waals surface area (Å²) in [5.74, 6) is -1.51. The van der Waals surface area contributed by atoms with Crippen molar-refractivity contribution in [1.29, 1.82) is 0 Å². The average Bonchev–Trinajstić information content (AvgIpc) is 2.48. The molecule has 0 atom stereocenters. The first-order chi connectivity index (χ1) is 10.0. The van der Waals surface area contributed by atoms with E-state index in [9.17, 15) is 20.1 Å². The third-order valence-electron chi connectivity index (χ3n) is 3.24. The van der Waals surface area contributed by atoms with Crippen LogP contribution in [-0.4, -0.2) is 21.3 Å². The summed E-state index contributed by atoms with van der Waals surface area (Å²) in [7, 11) is 0. The van der Waals surface area contributed by atoms with Gasteiger partial charge in [-0.1, -0.05) is 43.3 Å². The van der Waals surface area contributed by atoms with Gasteiger partial charge in [-0.05, 0) is 35.3 Å². The summed E-state index contributed by atoms with van der Waals surface area (Å²) in [4.78, 5) is 11.5. The molecule has 0 saturated carbocycles. The predicted octanol–water partition coefficient (Wildman–Crippen LogP) is 3.39. The number of carboxylic acid groups (broad SMARTS) is 1. The third-order valence-corrected chi connectivity index (χ3v) is 3.24. The van der Waals surface area contributed by atoms with Gasteiger partial charge in [0.15, 0.2) is 11.5 Å². The third kappa shape index (κ3) is 3.05. The molecule has 0 spiro atoms. The monoisotopic (exact) mass is 284 g/mol. The number of hydrogen-bond donors (Lipinski definition) is 3. The summed E-state index contributed by atoms with van der Waals surface area (Å²) in [6, 6.07) is 13.4. The van der Waals surface area contributed by atoms with Gasteiger partial charge in [0.25, 0.3) is 0 Å². The molecule has 0 bridgehead atoms. The van der Waals surface area contributed by atoms with E-state index in [1.807, 2.05) is 30.3 Å². The predicted molar refractivity (Wildman–Crippen MR) is 80.2 cm³/mol. The molecule has 2 aromatic rings. The van der Waals surface area contributed by atoms with Crippen molar-refractivity contribution in [2.75, 3.05) is 0 Å². The van der Waals surface area contributed by atoms with Gasteiger partial charge in [0, 0.05) is 5.57 Å². The van der Waals surface area contributed by atoms with Crippen LogP contribution in [0, 0.1) is 0 Å². The lowest BCUT2D eigenvalue weighted by atomic mass is 9.91. The molecule has 4 heteroatoms. The molecule has 4 nitrogen and oxygen atoms in total. The molecule has 0 fully saturated rings. The second-order valence-corrected chi connectivity index (χ2v) is 4.58. The van der Waals surface area contributed by atoms with Crippen molar-refractivity contribution in [1.82, 2.24) is 0 Å². The summed E-state index contributed by atoms with van der Waals surface area (Å²) in [6.07, 6.45) is 0.348. The maximum Gasteiger partial charge on any atom is 0.332 e. The van der Waals surface area contributed by atoms with Crippen LogP contribution >= 0.6 is 0 Å². The maximum atomic E-state index is 11.5. The molecular formula is C17H16O4. The Morgan fingerprint density at radius 3 is 2.14 bits per heavy atom. The fourth-order valence-corrected chi connectivity index (χ4v) is 2.23. The van der Waals surface area contributed by atoms with Gasteiger partial charge in [0.1, 0.15) is 0 Å². The van der Waals surface area contributed by atoms with Crippen LogP contribution < -0.4 is 0 Å². The summed E-state index contributed by atoms with van der Waals surface area (Å²) in [5.41, 5.74) is 2.10. The van der Waals surface area contributed by atoms with E-state index in [1.54, 1.807) is 13.0 Å². The molecule has 0 aliphatic rings. The normalized spacial score (nSPS) is 11.9. The lowest BCUT2D eigenvalue weighted by Crippen LogP contribution is -2.04. The van der Waals surface area contributed by atoms with E-state index in [2.05, 4.69) is 0 Å². The first kappa shape index (κ1) is 14.7. The number of rotatable bonds is 4. The largest absolute Gasteiger partial charge is 0.504 e. The van der Waals surface area contributed by atoms with Crippen LogP contribution in [-0.2, 0) is 4.79 Å². The summed E-state index contributed by atoms with van der Waals surface area (Å²) in [6.45, 7) is 1.77. The van der Waals surface area contributed by atoms with Crippen molar-refractivity contribution in [3.05, 3.63) is 65.2 Å². The van der Waals surface area contributed by atoms with Crippen molar-refractivity contribution in [2.24, 2.45) is 0 Å². The van der Waals surface area contributed by atoms with Gasteiger partial charge in [0.05, 0.1) is 0 Å². The minimum absolute atomic E-state index is 0.237. The van der Waals surface area contributed by atoms with Gasteiger partial charge >= 0.3 is 5.97 Å². The van der Waals surface area contributed by atoms with E-state index >= 15 is 0 Å². The number of aliphatic carboxylic acids is 1. The van der Waals surface area contributed by atoms with E-state index in [0.717, 1.165) is 5.56 Å². The number of benzene rings is 2. The molecule has 3 N–H and O–H groups in total. The zero-order chi connectivity index (χ0) is 15.4. The summed E-state index contributed by atoms with van der Waals surface area (Å²) < 4.78 is 0. The van der Waals surface area contributed by atoms with Gasteiger partial charge < -0.3 is 15.3 Å². The van der Waals surface area contributed by atoms with Crippen LogP contribution in [0.2, 0.25) is 0 Å². The van der Waals surface area contributed by atoms with Crippen LogP contribution in [0.15, 0.2) is 54.1 Å². The smallest absolute Gasteiger partial charge is 0.332 e. The van der Waals surface area contributed by atoms with Crippen LogP contribution in [0.1, 0.15) is 24.5 Å². The highest BCUT2D eigenvalue weighted by atomic mass is 16.4. The number of carbonyl (C=O) groups is 1. The Kier molecular flexibility index (Phi) is 4.28. The van der Waals surface area contributed by atoms with Crippen LogP contribution in [0.4, 0.5) is 0 Å². The summed E-state index contributed by atoms with van der Waals surface area (Å²) >= 11 is 0. The Balaban J connectivity index is 2.72. The van der Waals surface area contributed by atoms with Crippen molar-refractivity contribution in [2.45, 2.75) is 13.3 Å². The lowest BCUT2D eigenvalue weighted by Gasteiger charge is -2.13. The molecule has 0 unspecified atom stereocenters. The van der Waals surface area contributed by atoms with Gasteiger partial charge in [-0.3, -0.25) is 0 Å².